The molecule has 0 saturated carbocycles. The Morgan fingerprint density at radius 1 is 1.30 bits per heavy atom. The molecule has 2 atom stereocenters. The van der Waals surface area contributed by atoms with Crippen LogP contribution < -0.4 is 5.32 Å². The van der Waals surface area contributed by atoms with Gasteiger partial charge in [-0.05, 0) is 39.2 Å². The van der Waals surface area contributed by atoms with Crippen LogP contribution in [0.3, 0.4) is 0 Å². The van der Waals surface area contributed by atoms with E-state index in [2.05, 4.69) is 5.32 Å². The number of alkyl carbamates (subject to hydrolysis) is 1. The first-order valence-corrected chi connectivity index (χ1v) is 7.03. The van der Waals surface area contributed by atoms with Crippen molar-refractivity contribution in [2.45, 2.75) is 58.3 Å². The lowest BCUT2D eigenvalue weighted by molar-refractivity contribution is 0.0419. The zero-order valence-corrected chi connectivity index (χ0v) is 12.7. The fourth-order valence-corrected chi connectivity index (χ4v) is 1.89. The summed E-state index contributed by atoms with van der Waals surface area (Å²) in [6, 6.07) is 9.43. The Balaban J connectivity index is 2.68. The van der Waals surface area contributed by atoms with Crippen LogP contribution in [-0.2, 0) is 11.2 Å². The average Bonchev–Trinajstić information content (AvgIpc) is 2.36. The van der Waals surface area contributed by atoms with Gasteiger partial charge in [-0.3, -0.25) is 0 Å². The number of hydrogen-bond donors (Lipinski definition) is 2. The average molecular weight is 279 g/mol. The van der Waals surface area contributed by atoms with E-state index in [1.165, 1.54) is 0 Å². The molecule has 4 nitrogen and oxygen atoms in total. The molecule has 0 fully saturated rings. The first-order valence-electron chi connectivity index (χ1n) is 7.03. The molecule has 0 radical (unpaired) electrons. The zero-order valence-electron chi connectivity index (χ0n) is 12.7. The standard InChI is InChI=1S/C16H25NO3/c1-5-14(18)13(11-12-9-7-6-8-10-12)17-15(19)20-16(2,3)4/h6-10,13-14,18H,5,11H2,1-4H3,(H,17,19)/t13-,14-/m0/s1. The topological polar surface area (TPSA) is 58.6 Å². The normalized spacial score (nSPS) is 14.4. The Labute approximate surface area is 121 Å². The van der Waals surface area contributed by atoms with Crippen molar-refractivity contribution in [1.82, 2.24) is 5.32 Å². The van der Waals surface area contributed by atoms with Gasteiger partial charge in [-0.15, -0.1) is 0 Å². The molecule has 1 rings (SSSR count). The number of nitrogens with one attached hydrogen (secondary N) is 1. The molecule has 0 aliphatic rings. The van der Waals surface area contributed by atoms with Crippen LogP contribution in [0.1, 0.15) is 39.7 Å². The Hall–Kier alpha value is -1.55. The minimum Gasteiger partial charge on any atom is -0.444 e. The highest BCUT2D eigenvalue weighted by atomic mass is 16.6. The second kappa shape index (κ2) is 7.29. The van der Waals surface area contributed by atoms with Gasteiger partial charge in [-0.1, -0.05) is 37.3 Å². The van der Waals surface area contributed by atoms with Gasteiger partial charge in [0.05, 0.1) is 12.1 Å². The highest BCUT2D eigenvalue weighted by Crippen LogP contribution is 2.11. The summed E-state index contributed by atoms with van der Waals surface area (Å²) < 4.78 is 5.24. The zero-order chi connectivity index (χ0) is 15.2. The van der Waals surface area contributed by atoms with Gasteiger partial charge in [0, 0.05) is 0 Å². The molecule has 0 aliphatic carbocycles. The van der Waals surface area contributed by atoms with Crippen LogP contribution in [0.4, 0.5) is 4.79 Å². The van der Waals surface area contributed by atoms with Crippen molar-refractivity contribution in [2.75, 3.05) is 0 Å². The number of amides is 1. The molecular weight excluding hydrogens is 254 g/mol. The molecule has 0 bridgehead atoms. The van der Waals surface area contributed by atoms with E-state index >= 15 is 0 Å². The van der Waals surface area contributed by atoms with Crippen molar-refractivity contribution in [3.05, 3.63) is 35.9 Å². The van der Waals surface area contributed by atoms with Gasteiger partial charge in [0.2, 0.25) is 0 Å². The van der Waals surface area contributed by atoms with Crippen LogP contribution in [0, 0.1) is 0 Å². The first kappa shape index (κ1) is 16.5. The molecule has 0 saturated heterocycles. The number of carbonyl (C=O) groups is 1. The fourth-order valence-electron chi connectivity index (χ4n) is 1.89. The van der Waals surface area contributed by atoms with Crippen molar-refractivity contribution < 1.29 is 14.6 Å². The maximum atomic E-state index is 11.8. The van der Waals surface area contributed by atoms with E-state index < -0.39 is 17.8 Å². The van der Waals surface area contributed by atoms with E-state index in [9.17, 15) is 9.90 Å². The third-order valence-corrected chi connectivity index (χ3v) is 2.88. The van der Waals surface area contributed by atoms with Gasteiger partial charge in [-0.2, -0.15) is 0 Å². The lowest BCUT2D eigenvalue weighted by Gasteiger charge is -2.26. The second-order valence-corrected chi connectivity index (χ2v) is 5.92. The van der Waals surface area contributed by atoms with E-state index in [1.807, 2.05) is 58.0 Å². The van der Waals surface area contributed by atoms with Gasteiger partial charge in [0.15, 0.2) is 0 Å². The monoisotopic (exact) mass is 279 g/mol. The quantitative estimate of drug-likeness (QED) is 0.871. The van der Waals surface area contributed by atoms with Crippen LogP contribution in [0.25, 0.3) is 0 Å². The summed E-state index contributed by atoms with van der Waals surface area (Å²) in [6.45, 7) is 7.33. The summed E-state index contributed by atoms with van der Waals surface area (Å²) in [5.41, 5.74) is 0.527. The molecule has 20 heavy (non-hydrogen) atoms. The molecule has 0 spiro atoms. The van der Waals surface area contributed by atoms with Gasteiger partial charge in [0.1, 0.15) is 5.60 Å². The molecule has 112 valence electrons. The summed E-state index contributed by atoms with van der Waals surface area (Å²) in [5, 5.41) is 12.8. The van der Waals surface area contributed by atoms with Crippen LogP contribution in [0.5, 0.6) is 0 Å². The van der Waals surface area contributed by atoms with E-state index in [1.54, 1.807) is 0 Å². The summed E-state index contributed by atoms with van der Waals surface area (Å²) in [4.78, 5) is 11.8. The molecule has 0 unspecified atom stereocenters. The van der Waals surface area contributed by atoms with Crippen LogP contribution in [0.2, 0.25) is 0 Å². The molecule has 0 aromatic heterocycles. The summed E-state index contributed by atoms with van der Waals surface area (Å²) in [7, 11) is 0. The van der Waals surface area contributed by atoms with Crippen LogP contribution >= 0.6 is 0 Å². The minimum absolute atomic E-state index is 0.350. The largest absolute Gasteiger partial charge is 0.444 e. The molecule has 1 amide bonds. The van der Waals surface area contributed by atoms with Crippen molar-refractivity contribution in [3.63, 3.8) is 0 Å². The summed E-state index contributed by atoms with van der Waals surface area (Å²) >= 11 is 0. The molecule has 0 heterocycles. The molecule has 0 aliphatic heterocycles. The Kier molecular flexibility index (Phi) is 6.02. The van der Waals surface area contributed by atoms with Gasteiger partial charge in [0.25, 0.3) is 0 Å². The van der Waals surface area contributed by atoms with Crippen LogP contribution in [-0.4, -0.2) is 28.9 Å². The third kappa shape index (κ3) is 6.06. The number of ether oxygens (including phenoxy) is 1. The number of aliphatic hydroxyl groups excluding tert-OH is 1. The summed E-state index contributed by atoms with van der Waals surface area (Å²) in [6.07, 6.45) is 0.0659. The maximum Gasteiger partial charge on any atom is 0.407 e. The van der Waals surface area contributed by atoms with Crippen LogP contribution in [0.15, 0.2) is 30.3 Å². The molecular formula is C16H25NO3. The van der Waals surface area contributed by atoms with E-state index in [0.29, 0.717) is 12.8 Å². The molecule has 4 heteroatoms. The molecule has 1 aromatic carbocycles. The van der Waals surface area contributed by atoms with E-state index in [0.717, 1.165) is 5.56 Å². The van der Waals surface area contributed by atoms with E-state index in [-0.39, 0.29) is 6.04 Å². The minimum atomic E-state index is -0.595. The van der Waals surface area contributed by atoms with Crippen molar-refractivity contribution in [1.29, 1.82) is 0 Å². The van der Waals surface area contributed by atoms with E-state index in [4.69, 9.17) is 4.74 Å². The Morgan fingerprint density at radius 2 is 1.90 bits per heavy atom. The van der Waals surface area contributed by atoms with Crippen molar-refractivity contribution in [2.24, 2.45) is 0 Å². The Bertz CT molecular complexity index is 411. The highest BCUT2D eigenvalue weighted by Gasteiger charge is 2.23. The number of rotatable bonds is 5. The van der Waals surface area contributed by atoms with Crippen molar-refractivity contribution in [3.8, 4) is 0 Å². The smallest absolute Gasteiger partial charge is 0.407 e. The molecule has 2 N–H and O–H groups in total. The van der Waals surface area contributed by atoms with Gasteiger partial charge >= 0.3 is 6.09 Å². The second-order valence-electron chi connectivity index (χ2n) is 5.92. The maximum absolute atomic E-state index is 11.8. The molecule has 1 aromatic rings. The number of benzene rings is 1. The lowest BCUT2D eigenvalue weighted by atomic mass is 10.00. The number of carbonyl (C=O) groups excluding carboxylic acids is 1. The van der Waals surface area contributed by atoms with Gasteiger partial charge < -0.3 is 15.2 Å². The first-order chi connectivity index (χ1) is 9.31. The summed E-state index contributed by atoms with van der Waals surface area (Å²) in [5.74, 6) is 0. The number of aliphatic hydroxyl groups is 1. The Morgan fingerprint density at radius 3 is 2.40 bits per heavy atom. The predicted octanol–water partition coefficient (Wildman–Crippen LogP) is 2.89. The SMILES string of the molecule is CC[C@H](O)[C@H](Cc1ccccc1)NC(=O)OC(C)(C)C. The fraction of sp³-hybridized carbons (Fsp3) is 0.562. The predicted molar refractivity (Wildman–Crippen MR) is 79.6 cm³/mol. The third-order valence-electron chi connectivity index (χ3n) is 2.88. The lowest BCUT2D eigenvalue weighted by Crippen LogP contribution is -2.46. The van der Waals surface area contributed by atoms with Crippen molar-refractivity contribution >= 4 is 6.09 Å². The van der Waals surface area contributed by atoms with Gasteiger partial charge in [-0.25, -0.2) is 4.79 Å². The number of hydrogen-bond acceptors (Lipinski definition) is 3. The highest BCUT2D eigenvalue weighted by molar-refractivity contribution is 5.68.